The van der Waals surface area contributed by atoms with Gasteiger partial charge >= 0.3 is 6.18 Å². The molecule has 2 N–H and O–H groups in total. The van der Waals surface area contributed by atoms with E-state index < -0.39 is 43.0 Å². The number of hydrogen-bond acceptors (Lipinski definition) is 5. The maximum Gasteiger partial charge on any atom is 0.425 e. The molecule has 1 atom stereocenters. The molecule has 0 heterocycles. The van der Waals surface area contributed by atoms with Crippen LogP contribution < -0.4 is 9.03 Å². The Morgan fingerprint density at radius 3 is 1.76 bits per heavy atom. The predicted molar refractivity (Wildman–Crippen MR) is 136 cm³/mol. The van der Waals surface area contributed by atoms with E-state index in [-0.39, 0.29) is 28.7 Å². The van der Waals surface area contributed by atoms with E-state index >= 15 is 0 Å². The van der Waals surface area contributed by atoms with Gasteiger partial charge in [0.15, 0.2) is 0 Å². The van der Waals surface area contributed by atoms with E-state index in [1.54, 1.807) is 18.2 Å². The molecule has 0 amide bonds. The van der Waals surface area contributed by atoms with E-state index in [9.17, 15) is 35.1 Å². The largest absolute Gasteiger partial charge is 0.425 e. The fourth-order valence-corrected chi connectivity index (χ4v) is 5.96. The first-order chi connectivity index (χ1) is 17.1. The minimum atomic E-state index is -5.14. The number of alkyl halides is 3. The third-order valence-electron chi connectivity index (χ3n) is 5.45. The number of sulfonamides is 2. The van der Waals surface area contributed by atoms with Crippen molar-refractivity contribution in [3.8, 4) is 0 Å². The zero-order chi connectivity index (χ0) is 27.6. The normalized spacial score (nSPS) is 14.3. The molecule has 1 unspecified atom stereocenters. The van der Waals surface area contributed by atoms with Gasteiger partial charge in [-0.25, -0.2) is 16.8 Å². The summed E-state index contributed by atoms with van der Waals surface area (Å²) in [6.45, 7) is 3.70. The zero-order valence-corrected chi connectivity index (χ0v) is 21.9. The van der Waals surface area contributed by atoms with Gasteiger partial charge in [0.05, 0.1) is 16.8 Å². The summed E-state index contributed by atoms with van der Waals surface area (Å²) in [7, 11) is -7.65. The van der Waals surface area contributed by atoms with Crippen molar-refractivity contribution in [2.75, 3.05) is 21.8 Å². The van der Waals surface area contributed by atoms with Gasteiger partial charge in [-0.3, -0.25) is 9.03 Å². The van der Waals surface area contributed by atoms with Gasteiger partial charge in [-0.1, -0.05) is 56.3 Å². The number of rotatable bonds is 9. The number of halogens is 3. The Kier molecular flexibility index (Phi) is 7.96. The Hall–Kier alpha value is -3.09. The maximum atomic E-state index is 14.2. The van der Waals surface area contributed by atoms with Crippen LogP contribution in [0.4, 0.5) is 24.5 Å². The molecule has 0 bridgehead atoms. The lowest BCUT2D eigenvalue weighted by Gasteiger charge is -2.32. The molecule has 7 nitrogen and oxygen atoms in total. The first-order valence-electron chi connectivity index (χ1n) is 11.1. The molecule has 37 heavy (non-hydrogen) atoms. The van der Waals surface area contributed by atoms with Gasteiger partial charge in [0.25, 0.3) is 10.0 Å². The number of benzene rings is 3. The summed E-state index contributed by atoms with van der Waals surface area (Å²) in [5.41, 5.74) is -4.34. The van der Waals surface area contributed by atoms with Gasteiger partial charge < -0.3 is 5.11 Å². The highest BCUT2D eigenvalue weighted by atomic mass is 32.2. The lowest BCUT2D eigenvalue weighted by Crippen LogP contribution is -2.43. The van der Waals surface area contributed by atoms with E-state index in [0.717, 1.165) is 47.0 Å². The number of nitrogens with zero attached hydrogens (tertiary/aromatic N) is 1. The fraction of sp³-hybridized carbons (Fsp3) is 0.280. The molecular formula is C25H27F3N2O5S2. The quantitative estimate of drug-likeness (QED) is 0.398. The van der Waals surface area contributed by atoms with Gasteiger partial charge in [-0.2, -0.15) is 13.2 Å². The van der Waals surface area contributed by atoms with Gasteiger partial charge in [-0.15, -0.1) is 0 Å². The molecule has 0 saturated heterocycles. The van der Waals surface area contributed by atoms with E-state index in [1.807, 2.05) is 13.8 Å². The monoisotopic (exact) mass is 556 g/mol. The van der Waals surface area contributed by atoms with Crippen LogP contribution in [0.5, 0.6) is 0 Å². The molecule has 0 spiro atoms. The average Bonchev–Trinajstić information content (AvgIpc) is 2.81. The topological polar surface area (TPSA) is 104 Å². The molecule has 0 aliphatic carbocycles. The molecule has 0 aliphatic heterocycles. The fourth-order valence-electron chi connectivity index (χ4n) is 3.75. The lowest BCUT2D eigenvalue weighted by molar-refractivity contribution is -0.248. The van der Waals surface area contributed by atoms with Crippen LogP contribution in [0.3, 0.4) is 0 Å². The van der Waals surface area contributed by atoms with E-state index in [4.69, 9.17) is 0 Å². The third kappa shape index (κ3) is 6.25. The van der Waals surface area contributed by atoms with Crippen LogP contribution in [-0.4, -0.2) is 40.9 Å². The maximum absolute atomic E-state index is 14.2. The second-order valence-corrected chi connectivity index (χ2v) is 12.6. The van der Waals surface area contributed by atoms with Crippen molar-refractivity contribution in [3.05, 3.63) is 90.0 Å². The van der Waals surface area contributed by atoms with Crippen LogP contribution in [-0.2, 0) is 25.6 Å². The van der Waals surface area contributed by atoms with Crippen LogP contribution in [0.15, 0.2) is 83.8 Å². The zero-order valence-electron chi connectivity index (χ0n) is 20.3. The van der Waals surface area contributed by atoms with E-state index in [0.29, 0.717) is 0 Å². The van der Waals surface area contributed by atoms with Gasteiger partial charge in [0.2, 0.25) is 15.6 Å². The molecule has 0 aromatic heterocycles. The molecule has 0 fully saturated rings. The lowest BCUT2D eigenvalue weighted by atomic mass is 9.85. The van der Waals surface area contributed by atoms with Crippen molar-refractivity contribution in [2.45, 2.75) is 30.5 Å². The van der Waals surface area contributed by atoms with Gasteiger partial charge in [0, 0.05) is 12.2 Å². The smallest absolute Gasteiger partial charge is 0.372 e. The standard InChI is InChI=1S/C25H27F3N2O5S2/c1-18(2)17-30(37(34,35)23-7-5-4-6-8-23)22-15-11-20(12-16-22)24(31,25(26,27)28)19-9-13-21(14-10-19)29-36(3,32)33/h4-16,18,29,31H,17H2,1-3H3. The summed E-state index contributed by atoms with van der Waals surface area (Å²) >= 11 is 0. The second-order valence-electron chi connectivity index (χ2n) is 8.95. The van der Waals surface area contributed by atoms with Crippen molar-refractivity contribution >= 4 is 31.4 Å². The highest BCUT2D eigenvalue weighted by molar-refractivity contribution is 7.93. The van der Waals surface area contributed by atoms with Gasteiger partial charge in [-0.05, 0) is 53.4 Å². The molecular weight excluding hydrogens is 529 g/mol. The van der Waals surface area contributed by atoms with Gasteiger partial charge in [0.1, 0.15) is 0 Å². The molecule has 3 aromatic rings. The van der Waals surface area contributed by atoms with Crippen LogP contribution in [0.2, 0.25) is 0 Å². The summed E-state index contributed by atoms with van der Waals surface area (Å²) in [5.74, 6) is -0.0932. The van der Waals surface area contributed by atoms with E-state index in [2.05, 4.69) is 4.72 Å². The van der Waals surface area contributed by atoms with Crippen LogP contribution in [0.1, 0.15) is 25.0 Å². The Labute approximate surface area is 214 Å². The first-order valence-corrected chi connectivity index (χ1v) is 14.4. The minimum absolute atomic E-state index is 0.0292. The van der Waals surface area contributed by atoms with Crippen molar-refractivity contribution < 1.29 is 35.1 Å². The minimum Gasteiger partial charge on any atom is -0.372 e. The number of hydrogen-bond donors (Lipinski definition) is 2. The van der Waals surface area contributed by atoms with Crippen molar-refractivity contribution in [1.29, 1.82) is 0 Å². The van der Waals surface area contributed by atoms with Crippen molar-refractivity contribution in [3.63, 3.8) is 0 Å². The number of anilines is 2. The Morgan fingerprint density at radius 2 is 1.32 bits per heavy atom. The molecule has 0 radical (unpaired) electrons. The van der Waals surface area contributed by atoms with Crippen LogP contribution in [0.25, 0.3) is 0 Å². The Morgan fingerprint density at radius 1 is 0.838 bits per heavy atom. The van der Waals surface area contributed by atoms with E-state index in [1.165, 1.54) is 24.3 Å². The van der Waals surface area contributed by atoms with Crippen LogP contribution >= 0.6 is 0 Å². The first kappa shape index (κ1) is 28.5. The summed E-state index contributed by atoms with van der Waals surface area (Å²) < 4.78 is 95.3. The number of aliphatic hydroxyl groups is 1. The summed E-state index contributed by atoms with van der Waals surface area (Å²) in [4.78, 5) is 0.0364. The molecule has 0 saturated carbocycles. The van der Waals surface area contributed by atoms with Crippen molar-refractivity contribution in [2.24, 2.45) is 5.92 Å². The highest BCUT2D eigenvalue weighted by Gasteiger charge is 2.56. The summed E-state index contributed by atoms with van der Waals surface area (Å²) in [6, 6.07) is 16.3. The molecule has 3 aromatic carbocycles. The molecule has 200 valence electrons. The third-order valence-corrected chi connectivity index (χ3v) is 7.87. The molecule has 0 aliphatic rings. The highest BCUT2D eigenvalue weighted by Crippen LogP contribution is 2.45. The summed E-state index contributed by atoms with van der Waals surface area (Å²) in [5, 5.41) is 10.9. The SMILES string of the molecule is CC(C)CN(c1ccc(C(O)(c2ccc(NS(C)(=O)=O)cc2)C(F)(F)F)cc1)S(=O)(=O)c1ccccc1. The molecule has 3 rings (SSSR count). The second kappa shape index (κ2) is 10.3. The molecule has 12 heteroatoms. The van der Waals surface area contributed by atoms with Crippen LogP contribution in [0, 0.1) is 5.92 Å². The summed E-state index contributed by atoms with van der Waals surface area (Å²) in [6.07, 6.45) is -4.25. The Balaban J connectivity index is 2.05. The predicted octanol–water partition coefficient (Wildman–Crippen LogP) is 4.71. The average molecular weight is 557 g/mol. The van der Waals surface area contributed by atoms with Crippen molar-refractivity contribution in [1.82, 2.24) is 0 Å². The Bertz CT molecular complexity index is 1430. The number of nitrogens with one attached hydrogen (secondary N) is 1.